The van der Waals surface area contributed by atoms with Gasteiger partial charge < -0.3 is 15.1 Å². The second-order valence-electron chi connectivity index (χ2n) is 8.41. The maximum atomic E-state index is 10.8. The van der Waals surface area contributed by atoms with Gasteiger partial charge in [0.1, 0.15) is 11.7 Å². The van der Waals surface area contributed by atoms with Gasteiger partial charge in [0.2, 0.25) is 0 Å². The molecule has 3 aliphatic heterocycles. The summed E-state index contributed by atoms with van der Waals surface area (Å²) in [6.45, 7) is 7.64. The molecular weight excluding hydrogens is 411 g/mol. The molecule has 2 fully saturated rings. The minimum Gasteiger partial charge on any atom is -0.392 e. The van der Waals surface area contributed by atoms with Crippen LogP contribution in [0.2, 0.25) is 10.0 Å². The number of aliphatic imine (C=N–C) groups is 1. The molecule has 158 valence electrons. The normalized spacial score (nSPS) is 27.8. The number of halogens is 2. The van der Waals surface area contributed by atoms with Gasteiger partial charge in [-0.1, -0.05) is 29.3 Å². The number of β-amino-alcohol motifs (C(OH)–C–C–N with tert-alkyl or cyclic N) is 1. The van der Waals surface area contributed by atoms with Crippen molar-refractivity contribution in [1.82, 2.24) is 9.80 Å². The summed E-state index contributed by atoms with van der Waals surface area (Å²) >= 11 is 12.5. The van der Waals surface area contributed by atoms with E-state index in [1.54, 1.807) is 17.0 Å². The molecule has 0 radical (unpaired) electrons. The van der Waals surface area contributed by atoms with Crippen LogP contribution in [0.1, 0.15) is 33.1 Å². The van der Waals surface area contributed by atoms with Crippen LogP contribution in [0.3, 0.4) is 0 Å². The van der Waals surface area contributed by atoms with Crippen LogP contribution < -0.4 is 4.90 Å². The quantitative estimate of drug-likeness (QED) is 0.757. The minimum atomic E-state index is -0.861. The molecule has 6 nitrogen and oxygen atoms in total. The molecule has 0 spiro atoms. The van der Waals surface area contributed by atoms with Crippen molar-refractivity contribution < 1.29 is 10.2 Å². The molecular formula is C21H28Cl2N4O2. The molecule has 3 aliphatic rings. The second kappa shape index (κ2) is 8.08. The summed E-state index contributed by atoms with van der Waals surface area (Å²) in [5.74, 6) is 1.48. The summed E-state index contributed by atoms with van der Waals surface area (Å²) in [5, 5.41) is 21.6. The van der Waals surface area contributed by atoms with Crippen LogP contribution >= 0.6 is 23.2 Å². The van der Waals surface area contributed by atoms with E-state index in [2.05, 4.69) is 16.7 Å². The molecule has 0 amide bonds. The van der Waals surface area contributed by atoms with Gasteiger partial charge in [0.25, 0.3) is 0 Å². The standard InChI is InChI=1S/C21H28Cl2N4O2/c1-14-24-18(12-19(29)27(14)17-5-3-4-16(22)20(17)23)25-10-7-21(2,8-11-25)26-9-6-15(28)13-26/h3-5,12,15,19,28-29H,6-11,13H2,1-2H3/t15-,19?/m0/s1. The lowest BCUT2D eigenvalue weighted by Crippen LogP contribution is -2.53. The Hall–Kier alpha value is -1.31. The van der Waals surface area contributed by atoms with E-state index in [1.807, 2.05) is 19.1 Å². The van der Waals surface area contributed by atoms with E-state index < -0.39 is 6.23 Å². The number of hydrogen-bond donors (Lipinski definition) is 2. The number of likely N-dealkylation sites (tertiary alicyclic amines) is 2. The number of benzene rings is 1. The van der Waals surface area contributed by atoms with Crippen LogP contribution in [0.15, 0.2) is 35.1 Å². The average Bonchev–Trinajstić information content (AvgIpc) is 3.12. The molecule has 0 saturated carbocycles. The van der Waals surface area contributed by atoms with Crippen molar-refractivity contribution >= 4 is 34.7 Å². The molecule has 29 heavy (non-hydrogen) atoms. The van der Waals surface area contributed by atoms with Gasteiger partial charge in [-0.05, 0) is 45.2 Å². The molecule has 0 bridgehead atoms. The number of hydrogen-bond acceptors (Lipinski definition) is 6. The lowest BCUT2D eigenvalue weighted by molar-refractivity contribution is 0.0501. The topological polar surface area (TPSA) is 62.5 Å². The molecule has 4 rings (SSSR count). The number of anilines is 1. The number of nitrogens with zero attached hydrogens (tertiary/aromatic N) is 4. The van der Waals surface area contributed by atoms with E-state index in [0.717, 1.165) is 51.3 Å². The van der Waals surface area contributed by atoms with Crippen molar-refractivity contribution in [3.05, 3.63) is 40.1 Å². The highest BCUT2D eigenvalue weighted by Gasteiger charge is 2.39. The first-order valence-electron chi connectivity index (χ1n) is 10.1. The lowest BCUT2D eigenvalue weighted by atomic mass is 9.88. The predicted octanol–water partition coefficient (Wildman–Crippen LogP) is 3.31. The number of aliphatic hydroxyl groups excluding tert-OH is 2. The van der Waals surface area contributed by atoms with E-state index in [9.17, 15) is 10.2 Å². The smallest absolute Gasteiger partial charge is 0.155 e. The van der Waals surface area contributed by atoms with Crippen LogP contribution in [0, 0.1) is 0 Å². The first-order valence-corrected chi connectivity index (χ1v) is 10.9. The van der Waals surface area contributed by atoms with Crippen LogP contribution in [-0.4, -0.2) is 69.9 Å². The van der Waals surface area contributed by atoms with Crippen LogP contribution in [-0.2, 0) is 0 Å². The molecule has 1 aromatic rings. The van der Waals surface area contributed by atoms with Crippen LogP contribution in [0.25, 0.3) is 0 Å². The van der Waals surface area contributed by atoms with Crippen molar-refractivity contribution in [2.24, 2.45) is 4.99 Å². The minimum absolute atomic E-state index is 0.112. The molecule has 2 atom stereocenters. The number of amidine groups is 1. The van der Waals surface area contributed by atoms with Gasteiger partial charge in [-0.3, -0.25) is 9.80 Å². The first-order chi connectivity index (χ1) is 13.8. The predicted molar refractivity (Wildman–Crippen MR) is 118 cm³/mol. The monoisotopic (exact) mass is 438 g/mol. The second-order valence-corrected chi connectivity index (χ2v) is 9.20. The first kappa shape index (κ1) is 20.9. The highest BCUT2D eigenvalue weighted by Crippen LogP contribution is 2.37. The molecule has 0 aliphatic carbocycles. The number of aliphatic hydroxyl groups is 2. The largest absolute Gasteiger partial charge is 0.392 e. The van der Waals surface area contributed by atoms with Crippen molar-refractivity contribution in [2.45, 2.75) is 51.0 Å². The van der Waals surface area contributed by atoms with Gasteiger partial charge >= 0.3 is 0 Å². The third-order valence-corrected chi connectivity index (χ3v) is 7.28. The van der Waals surface area contributed by atoms with Gasteiger partial charge in [-0.15, -0.1) is 0 Å². The zero-order valence-corrected chi connectivity index (χ0v) is 18.4. The third-order valence-electron chi connectivity index (χ3n) is 6.47. The highest BCUT2D eigenvalue weighted by molar-refractivity contribution is 6.44. The summed E-state index contributed by atoms with van der Waals surface area (Å²) in [6, 6.07) is 5.36. The van der Waals surface area contributed by atoms with Crippen molar-refractivity contribution in [2.75, 3.05) is 31.1 Å². The fourth-order valence-electron chi connectivity index (χ4n) is 4.59. The fraction of sp³-hybridized carbons (Fsp3) is 0.571. The maximum absolute atomic E-state index is 10.8. The van der Waals surface area contributed by atoms with Crippen LogP contribution in [0.5, 0.6) is 0 Å². The Balaban J connectivity index is 1.47. The summed E-state index contributed by atoms with van der Waals surface area (Å²) in [6.07, 6.45) is 3.59. The summed E-state index contributed by atoms with van der Waals surface area (Å²) in [4.78, 5) is 11.1. The van der Waals surface area contributed by atoms with E-state index >= 15 is 0 Å². The Morgan fingerprint density at radius 1 is 1.14 bits per heavy atom. The van der Waals surface area contributed by atoms with Gasteiger partial charge in [-0.25, -0.2) is 4.99 Å². The molecule has 2 saturated heterocycles. The van der Waals surface area contributed by atoms with E-state index in [4.69, 9.17) is 28.2 Å². The molecule has 1 unspecified atom stereocenters. The van der Waals surface area contributed by atoms with Gasteiger partial charge in [0.05, 0.1) is 21.8 Å². The molecule has 3 heterocycles. The summed E-state index contributed by atoms with van der Waals surface area (Å²) < 4.78 is 0. The third kappa shape index (κ3) is 4.01. The van der Waals surface area contributed by atoms with Crippen molar-refractivity contribution in [3.63, 3.8) is 0 Å². The molecule has 0 aromatic heterocycles. The Bertz CT molecular complexity index is 836. The van der Waals surface area contributed by atoms with E-state index in [0.29, 0.717) is 21.6 Å². The lowest BCUT2D eigenvalue weighted by Gasteiger charge is -2.46. The van der Waals surface area contributed by atoms with Crippen molar-refractivity contribution in [1.29, 1.82) is 0 Å². The van der Waals surface area contributed by atoms with Gasteiger partial charge in [0.15, 0.2) is 6.23 Å². The molecule has 1 aromatic carbocycles. The highest BCUT2D eigenvalue weighted by atomic mass is 35.5. The maximum Gasteiger partial charge on any atom is 0.155 e. The van der Waals surface area contributed by atoms with E-state index in [1.165, 1.54) is 0 Å². The molecule has 2 N–H and O–H groups in total. The number of piperidine rings is 1. The van der Waals surface area contributed by atoms with Crippen LogP contribution in [0.4, 0.5) is 5.69 Å². The Morgan fingerprint density at radius 2 is 1.86 bits per heavy atom. The van der Waals surface area contributed by atoms with Gasteiger partial charge in [-0.2, -0.15) is 0 Å². The Labute approximate surface area is 182 Å². The van der Waals surface area contributed by atoms with E-state index in [-0.39, 0.29) is 11.6 Å². The SMILES string of the molecule is CC1=NC(N2CCC(C)(N3CC[C@H](O)C3)CC2)=CC(O)N1c1cccc(Cl)c1Cl. The average molecular weight is 439 g/mol. The zero-order chi connectivity index (χ0) is 20.8. The zero-order valence-electron chi connectivity index (χ0n) is 16.9. The Kier molecular flexibility index (Phi) is 5.84. The molecule has 8 heteroatoms. The van der Waals surface area contributed by atoms with Gasteiger partial charge in [0, 0.05) is 37.8 Å². The van der Waals surface area contributed by atoms with Crippen molar-refractivity contribution in [3.8, 4) is 0 Å². The number of rotatable bonds is 3. The summed E-state index contributed by atoms with van der Waals surface area (Å²) in [7, 11) is 0. The fourth-order valence-corrected chi connectivity index (χ4v) is 4.98. The summed E-state index contributed by atoms with van der Waals surface area (Å²) in [5.41, 5.74) is 0.753. The Morgan fingerprint density at radius 3 is 2.48 bits per heavy atom.